The molecule has 0 aliphatic heterocycles. The van der Waals surface area contributed by atoms with Gasteiger partial charge >= 0.3 is 16.3 Å². The van der Waals surface area contributed by atoms with Crippen LogP contribution in [0.3, 0.4) is 0 Å². The van der Waals surface area contributed by atoms with Crippen LogP contribution in [0, 0.1) is 6.92 Å². The predicted molar refractivity (Wildman–Crippen MR) is 101 cm³/mol. The van der Waals surface area contributed by atoms with E-state index in [0.29, 0.717) is 17.4 Å². The molecule has 0 aromatic heterocycles. The summed E-state index contributed by atoms with van der Waals surface area (Å²) in [6.45, 7) is 1.99. The van der Waals surface area contributed by atoms with Gasteiger partial charge < -0.3 is 8.92 Å². The van der Waals surface area contributed by atoms with Crippen molar-refractivity contribution < 1.29 is 30.5 Å². The van der Waals surface area contributed by atoms with E-state index in [2.05, 4.69) is 0 Å². The van der Waals surface area contributed by atoms with E-state index in [1.54, 1.807) is 13.0 Å². The molecule has 0 aliphatic rings. The predicted octanol–water partition coefficient (Wildman–Crippen LogP) is 5.36. The SMILES string of the molecule is Cc1cc(OCc2ccccc2)cc(OS(=O)(=O)c2cccc(C(F)(F)F)c2)c1. The maximum atomic E-state index is 12.9. The molecule has 0 N–H and O–H groups in total. The van der Waals surface area contributed by atoms with E-state index in [1.165, 1.54) is 12.1 Å². The van der Waals surface area contributed by atoms with Crippen molar-refractivity contribution in [2.45, 2.75) is 24.6 Å². The molecule has 0 bridgehead atoms. The smallest absolute Gasteiger partial charge is 0.416 e. The summed E-state index contributed by atoms with van der Waals surface area (Å²) >= 11 is 0. The molecule has 0 radical (unpaired) electrons. The summed E-state index contributed by atoms with van der Waals surface area (Å²) in [7, 11) is -4.45. The molecule has 0 spiro atoms. The molecule has 152 valence electrons. The normalized spacial score (nSPS) is 11.9. The molecule has 8 heteroatoms. The molecule has 4 nitrogen and oxygen atoms in total. The summed E-state index contributed by atoms with van der Waals surface area (Å²) < 4.78 is 74.2. The summed E-state index contributed by atoms with van der Waals surface area (Å²) in [6.07, 6.45) is -4.66. The number of benzene rings is 3. The quantitative estimate of drug-likeness (QED) is 0.502. The maximum absolute atomic E-state index is 12.9. The average molecular weight is 422 g/mol. The lowest BCUT2D eigenvalue weighted by molar-refractivity contribution is -0.137. The first-order chi connectivity index (χ1) is 13.6. The first kappa shape index (κ1) is 20.7. The van der Waals surface area contributed by atoms with Gasteiger partial charge in [0, 0.05) is 6.07 Å². The highest BCUT2D eigenvalue weighted by Crippen LogP contribution is 2.32. The number of hydrogen-bond donors (Lipinski definition) is 0. The number of hydrogen-bond acceptors (Lipinski definition) is 4. The van der Waals surface area contributed by atoms with Crippen molar-refractivity contribution >= 4 is 10.1 Å². The second-order valence-corrected chi connectivity index (χ2v) is 7.87. The fourth-order valence-corrected chi connectivity index (χ4v) is 3.55. The van der Waals surface area contributed by atoms with Crippen LogP contribution in [0.1, 0.15) is 16.7 Å². The molecule has 0 saturated heterocycles. The summed E-state index contributed by atoms with van der Waals surface area (Å²) in [5.41, 5.74) is 0.524. The Morgan fingerprint density at radius 2 is 1.55 bits per heavy atom. The summed E-state index contributed by atoms with van der Waals surface area (Å²) in [6, 6.07) is 17.3. The Morgan fingerprint density at radius 1 is 0.862 bits per heavy atom. The summed E-state index contributed by atoms with van der Waals surface area (Å²) in [4.78, 5) is -0.583. The van der Waals surface area contributed by atoms with Crippen LogP contribution in [-0.4, -0.2) is 8.42 Å². The van der Waals surface area contributed by atoms with Crippen molar-refractivity contribution in [3.05, 3.63) is 89.5 Å². The molecule has 0 atom stereocenters. The van der Waals surface area contributed by atoms with Gasteiger partial charge in [-0.25, -0.2) is 0 Å². The van der Waals surface area contributed by atoms with Crippen molar-refractivity contribution in [2.24, 2.45) is 0 Å². The van der Waals surface area contributed by atoms with Crippen LogP contribution in [-0.2, 0) is 22.9 Å². The third-order valence-electron chi connectivity index (χ3n) is 3.93. The summed E-state index contributed by atoms with van der Waals surface area (Å²) in [5.74, 6) is 0.327. The first-order valence-electron chi connectivity index (χ1n) is 8.54. The fourth-order valence-electron chi connectivity index (χ4n) is 2.59. The molecular formula is C21H17F3O4S. The highest BCUT2D eigenvalue weighted by atomic mass is 32.2. The zero-order chi connectivity index (χ0) is 21.1. The fraction of sp³-hybridized carbons (Fsp3) is 0.143. The van der Waals surface area contributed by atoms with Crippen molar-refractivity contribution in [2.75, 3.05) is 0 Å². The van der Waals surface area contributed by atoms with E-state index in [0.717, 1.165) is 23.8 Å². The number of rotatable bonds is 6. The van der Waals surface area contributed by atoms with Gasteiger partial charge in [-0.05, 0) is 48.4 Å². The number of alkyl halides is 3. The molecule has 0 fully saturated rings. The van der Waals surface area contributed by atoms with Crippen LogP contribution >= 0.6 is 0 Å². The second kappa shape index (κ2) is 8.16. The summed E-state index contributed by atoms with van der Waals surface area (Å²) in [5, 5.41) is 0. The molecule has 0 saturated carbocycles. The Kier molecular flexibility index (Phi) is 5.83. The van der Waals surface area contributed by atoms with E-state index in [1.807, 2.05) is 30.3 Å². The van der Waals surface area contributed by atoms with Gasteiger partial charge in [0.05, 0.1) is 5.56 Å². The molecule has 3 aromatic carbocycles. The minimum absolute atomic E-state index is 0.0505. The number of halogens is 3. The number of aryl methyl sites for hydroxylation is 1. The van der Waals surface area contributed by atoms with Gasteiger partial charge in [0.2, 0.25) is 0 Å². The third-order valence-corrected chi connectivity index (χ3v) is 5.17. The van der Waals surface area contributed by atoms with Crippen LogP contribution in [0.4, 0.5) is 13.2 Å². The molecule has 0 unspecified atom stereocenters. The first-order valence-corrected chi connectivity index (χ1v) is 9.94. The van der Waals surface area contributed by atoms with Gasteiger partial charge in [0.25, 0.3) is 0 Å². The van der Waals surface area contributed by atoms with E-state index in [4.69, 9.17) is 8.92 Å². The Bertz CT molecular complexity index is 1090. The molecule has 29 heavy (non-hydrogen) atoms. The molecule has 3 aromatic rings. The van der Waals surface area contributed by atoms with Crippen LogP contribution in [0.25, 0.3) is 0 Å². The Morgan fingerprint density at radius 3 is 2.24 bits per heavy atom. The lowest BCUT2D eigenvalue weighted by Gasteiger charge is -2.12. The van der Waals surface area contributed by atoms with Crippen LogP contribution in [0.15, 0.2) is 77.7 Å². The minimum Gasteiger partial charge on any atom is -0.489 e. The monoisotopic (exact) mass is 422 g/mol. The van der Waals surface area contributed by atoms with Crippen LogP contribution in [0.5, 0.6) is 11.5 Å². The Hall–Kier alpha value is -3.00. The molecule has 3 rings (SSSR count). The van der Waals surface area contributed by atoms with Gasteiger partial charge in [-0.15, -0.1) is 0 Å². The van der Waals surface area contributed by atoms with Gasteiger partial charge in [0.1, 0.15) is 23.0 Å². The second-order valence-electron chi connectivity index (χ2n) is 6.32. The van der Waals surface area contributed by atoms with E-state index < -0.39 is 26.8 Å². The minimum atomic E-state index is -4.66. The van der Waals surface area contributed by atoms with Crippen molar-refractivity contribution in [3.8, 4) is 11.5 Å². The average Bonchev–Trinajstić information content (AvgIpc) is 2.66. The van der Waals surface area contributed by atoms with Gasteiger partial charge in [-0.2, -0.15) is 21.6 Å². The van der Waals surface area contributed by atoms with Crippen molar-refractivity contribution in [1.82, 2.24) is 0 Å². The molecule has 0 heterocycles. The zero-order valence-electron chi connectivity index (χ0n) is 15.3. The Balaban J connectivity index is 1.81. The lowest BCUT2D eigenvalue weighted by Crippen LogP contribution is -2.12. The highest BCUT2D eigenvalue weighted by molar-refractivity contribution is 7.87. The van der Waals surface area contributed by atoms with Crippen LogP contribution < -0.4 is 8.92 Å². The zero-order valence-corrected chi connectivity index (χ0v) is 16.1. The van der Waals surface area contributed by atoms with Crippen molar-refractivity contribution in [1.29, 1.82) is 0 Å². The maximum Gasteiger partial charge on any atom is 0.416 e. The highest BCUT2D eigenvalue weighted by Gasteiger charge is 2.32. The lowest BCUT2D eigenvalue weighted by atomic mass is 10.2. The van der Waals surface area contributed by atoms with Gasteiger partial charge in [-0.1, -0.05) is 36.4 Å². The van der Waals surface area contributed by atoms with E-state index >= 15 is 0 Å². The van der Waals surface area contributed by atoms with Gasteiger partial charge in [-0.3, -0.25) is 0 Å². The molecule has 0 aliphatic carbocycles. The van der Waals surface area contributed by atoms with Gasteiger partial charge in [0.15, 0.2) is 0 Å². The van der Waals surface area contributed by atoms with E-state index in [-0.39, 0.29) is 12.4 Å². The standard InChI is InChI=1S/C21H17F3O4S/c1-15-10-18(27-14-16-6-3-2-4-7-16)13-19(11-15)28-29(25,26)20-9-5-8-17(12-20)21(22,23)24/h2-13H,14H2,1H3. The molecular weight excluding hydrogens is 405 g/mol. The third kappa shape index (κ3) is 5.51. The van der Waals surface area contributed by atoms with Crippen molar-refractivity contribution in [3.63, 3.8) is 0 Å². The van der Waals surface area contributed by atoms with E-state index in [9.17, 15) is 21.6 Å². The molecule has 0 amide bonds. The Labute approximate surface area is 166 Å². The topological polar surface area (TPSA) is 52.6 Å². The largest absolute Gasteiger partial charge is 0.489 e. The number of ether oxygens (including phenoxy) is 1. The van der Waals surface area contributed by atoms with Crippen LogP contribution in [0.2, 0.25) is 0 Å².